The van der Waals surface area contributed by atoms with Crippen molar-refractivity contribution in [3.05, 3.63) is 35.9 Å². The third-order valence-electron chi connectivity index (χ3n) is 2.12. The molecule has 0 fully saturated rings. The zero-order valence-electron chi connectivity index (χ0n) is 9.57. The molecule has 1 amide bonds. The maximum Gasteiger partial charge on any atom is 0.287 e. The van der Waals surface area contributed by atoms with Crippen molar-refractivity contribution in [1.82, 2.24) is 5.32 Å². The van der Waals surface area contributed by atoms with Gasteiger partial charge in [0.1, 0.15) is 6.61 Å². The van der Waals surface area contributed by atoms with E-state index in [-0.39, 0.29) is 0 Å². The Morgan fingerprint density at radius 3 is 2.56 bits per heavy atom. The molecule has 0 bridgehead atoms. The number of halogens is 2. The average molecular weight is 256 g/mol. The molecule has 0 radical (unpaired) electrons. The molecule has 0 saturated heterocycles. The molecule has 1 aromatic carbocycles. The van der Waals surface area contributed by atoms with Gasteiger partial charge in [-0.15, -0.1) is 0 Å². The lowest BCUT2D eigenvalue weighted by atomic mass is 10.2. The lowest BCUT2D eigenvalue weighted by Gasteiger charge is -2.12. The first-order valence-electron chi connectivity index (χ1n) is 5.23. The second kappa shape index (κ2) is 6.11. The molecule has 0 aromatic heterocycles. The summed E-state index contributed by atoms with van der Waals surface area (Å²) >= 11 is 0. The fraction of sp³-hybridized carbons (Fsp3) is 0.250. The molecule has 0 atom stereocenters. The number of anilines is 1. The Kier molecular flexibility index (Phi) is 4.79. The van der Waals surface area contributed by atoms with Crippen molar-refractivity contribution in [2.75, 3.05) is 18.9 Å². The van der Waals surface area contributed by atoms with Crippen LogP contribution < -0.4 is 11.1 Å². The van der Waals surface area contributed by atoms with Gasteiger partial charge in [-0.1, -0.05) is 12.1 Å². The Labute approximate surface area is 103 Å². The van der Waals surface area contributed by atoms with E-state index in [1.54, 1.807) is 24.3 Å². The maximum absolute atomic E-state index is 12.6. The van der Waals surface area contributed by atoms with E-state index in [9.17, 15) is 13.6 Å². The van der Waals surface area contributed by atoms with Gasteiger partial charge < -0.3 is 16.2 Å². The van der Waals surface area contributed by atoms with Crippen molar-refractivity contribution in [3.63, 3.8) is 0 Å². The number of carbonyl (C=O) groups is 1. The average Bonchev–Trinajstić information content (AvgIpc) is 2.36. The van der Waals surface area contributed by atoms with Gasteiger partial charge in [-0.25, -0.2) is 8.78 Å². The van der Waals surface area contributed by atoms with E-state index in [2.05, 4.69) is 0 Å². The Morgan fingerprint density at radius 2 is 2.00 bits per heavy atom. The quantitative estimate of drug-likeness (QED) is 0.544. The van der Waals surface area contributed by atoms with Gasteiger partial charge in [0.2, 0.25) is 5.91 Å². The van der Waals surface area contributed by atoms with Gasteiger partial charge in [0.15, 0.2) is 0 Å². The number of benzene rings is 1. The van der Waals surface area contributed by atoms with E-state index >= 15 is 0 Å². The molecule has 4 N–H and O–H groups in total. The molecule has 0 spiro atoms. The second-order valence-corrected chi connectivity index (χ2v) is 3.73. The number of nitrogen functional groups attached to an aromatic ring is 1. The number of aliphatic hydroxyl groups is 1. The third kappa shape index (κ3) is 4.92. The lowest BCUT2D eigenvalue weighted by molar-refractivity contribution is -0.119. The highest BCUT2D eigenvalue weighted by Gasteiger charge is 2.27. The summed E-state index contributed by atoms with van der Waals surface area (Å²) in [5, 5.41) is 10.3. The van der Waals surface area contributed by atoms with Crippen LogP contribution in [0.3, 0.4) is 0 Å². The minimum absolute atomic E-state index is 0.596. The first-order chi connectivity index (χ1) is 8.43. The van der Waals surface area contributed by atoms with Crippen LogP contribution in [0.4, 0.5) is 14.5 Å². The van der Waals surface area contributed by atoms with Crippen molar-refractivity contribution >= 4 is 17.7 Å². The summed E-state index contributed by atoms with van der Waals surface area (Å²) in [7, 11) is 0. The molecule has 6 heteroatoms. The van der Waals surface area contributed by atoms with Crippen molar-refractivity contribution in [1.29, 1.82) is 0 Å². The molecule has 1 aromatic rings. The molecule has 0 aliphatic carbocycles. The molecule has 18 heavy (non-hydrogen) atoms. The van der Waals surface area contributed by atoms with Crippen LogP contribution in [0.5, 0.6) is 0 Å². The molecule has 98 valence electrons. The molecule has 0 aliphatic heterocycles. The predicted molar refractivity (Wildman–Crippen MR) is 64.9 cm³/mol. The first kappa shape index (κ1) is 14.1. The van der Waals surface area contributed by atoms with Crippen LogP contribution in [0.2, 0.25) is 0 Å². The van der Waals surface area contributed by atoms with Gasteiger partial charge in [-0.05, 0) is 23.8 Å². The number of rotatable bonds is 5. The number of alkyl halides is 2. The van der Waals surface area contributed by atoms with Crippen molar-refractivity contribution in [2.45, 2.75) is 5.92 Å². The minimum Gasteiger partial charge on any atom is -0.399 e. The Bertz CT molecular complexity index is 430. The largest absolute Gasteiger partial charge is 0.399 e. The van der Waals surface area contributed by atoms with Gasteiger partial charge in [0.05, 0.1) is 6.54 Å². The van der Waals surface area contributed by atoms with E-state index in [1.165, 1.54) is 6.08 Å². The first-order valence-corrected chi connectivity index (χ1v) is 5.23. The summed E-state index contributed by atoms with van der Waals surface area (Å²) in [6.07, 6.45) is 2.62. The smallest absolute Gasteiger partial charge is 0.287 e. The van der Waals surface area contributed by atoms with Gasteiger partial charge in [0, 0.05) is 11.8 Å². The van der Waals surface area contributed by atoms with Crippen LogP contribution in [-0.2, 0) is 4.79 Å². The Hall–Kier alpha value is -1.95. The van der Waals surface area contributed by atoms with E-state index < -0.39 is 25.0 Å². The van der Waals surface area contributed by atoms with Crippen LogP contribution in [0.15, 0.2) is 30.3 Å². The Balaban J connectivity index is 2.47. The maximum atomic E-state index is 12.6. The van der Waals surface area contributed by atoms with Gasteiger partial charge in [0.25, 0.3) is 5.92 Å². The highest BCUT2D eigenvalue weighted by atomic mass is 19.3. The van der Waals surface area contributed by atoms with E-state index in [0.29, 0.717) is 5.69 Å². The molecular weight excluding hydrogens is 242 g/mol. The van der Waals surface area contributed by atoms with Crippen molar-refractivity contribution < 1.29 is 18.7 Å². The number of nitrogens with one attached hydrogen (secondary N) is 1. The Morgan fingerprint density at radius 1 is 1.39 bits per heavy atom. The highest BCUT2D eigenvalue weighted by Crippen LogP contribution is 2.10. The van der Waals surface area contributed by atoms with Crippen LogP contribution in [0.1, 0.15) is 5.56 Å². The molecule has 4 nitrogen and oxygen atoms in total. The molecule has 0 heterocycles. The molecule has 0 saturated carbocycles. The number of amides is 1. The van der Waals surface area contributed by atoms with Crippen LogP contribution in [0, 0.1) is 0 Å². The normalized spacial score (nSPS) is 11.7. The van der Waals surface area contributed by atoms with E-state index in [0.717, 1.165) is 11.6 Å². The summed E-state index contributed by atoms with van der Waals surface area (Å²) in [4.78, 5) is 11.2. The monoisotopic (exact) mass is 256 g/mol. The summed E-state index contributed by atoms with van der Waals surface area (Å²) in [6, 6.07) is 6.72. The highest BCUT2D eigenvalue weighted by molar-refractivity contribution is 5.91. The third-order valence-corrected chi connectivity index (χ3v) is 2.12. The standard InChI is InChI=1S/C12H14F2N2O2/c13-12(14,8-17)7-16-11(18)6-3-9-1-4-10(15)5-2-9/h1-6,17H,7-8,15H2,(H,16,18)/b6-3+. The fourth-order valence-electron chi connectivity index (χ4n) is 1.11. The van der Waals surface area contributed by atoms with Gasteiger partial charge in [-0.3, -0.25) is 4.79 Å². The zero-order valence-corrected chi connectivity index (χ0v) is 9.57. The number of nitrogens with two attached hydrogens (primary N) is 1. The lowest BCUT2D eigenvalue weighted by Crippen LogP contribution is -2.38. The number of hydrogen-bond donors (Lipinski definition) is 3. The summed E-state index contributed by atoms with van der Waals surface area (Å²) in [6.45, 7) is -2.19. The fourth-order valence-corrected chi connectivity index (χ4v) is 1.11. The molecule has 0 unspecified atom stereocenters. The summed E-state index contributed by atoms with van der Waals surface area (Å²) in [5.74, 6) is -3.95. The van der Waals surface area contributed by atoms with Crippen molar-refractivity contribution in [2.24, 2.45) is 0 Å². The predicted octanol–water partition coefficient (Wildman–Crippen LogP) is 1.03. The van der Waals surface area contributed by atoms with E-state index in [1.807, 2.05) is 5.32 Å². The minimum atomic E-state index is -3.30. The summed E-state index contributed by atoms with van der Waals surface area (Å²) in [5.41, 5.74) is 6.81. The zero-order chi connectivity index (χ0) is 13.6. The summed E-state index contributed by atoms with van der Waals surface area (Å²) < 4.78 is 25.2. The van der Waals surface area contributed by atoms with Crippen molar-refractivity contribution in [3.8, 4) is 0 Å². The molecule has 1 rings (SSSR count). The second-order valence-electron chi connectivity index (χ2n) is 3.73. The molecule has 0 aliphatic rings. The van der Waals surface area contributed by atoms with Crippen LogP contribution >= 0.6 is 0 Å². The number of aliphatic hydroxyl groups excluding tert-OH is 1. The number of hydrogen-bond acceptors (Lipinski definition) is 3. The SMILES string of the molecule is Nc1ccc(/C=C/C(=O)NCC(F)(F)CO)cc1. The topological polar surface area (TPSA) is 75.4 Å². The van der Waals surface area contributed by atoms with Crippen LogP contribution in [0.25, 0.3) is 6.08 Å². The van der Waals surface area contributed by atoms with Gasteiger partial charge in [-0.2, -0.15) is 0 Å². The molecular formula is C12H14F2N2O2. The van der Waals surface area contributed by atoms with E-state index in [4.69, 9.17) is 10.8 Å². The van der Waals surface area contributed by atoms with Gasteiger partial charge >= 0.3 is 0 Å². The van der Waals surface area contributed by atoms with Crippen LogP contribution in [-0.4, -0.2) is 30.1 Å². The number of carbonyl (C=O) groups excluding carboxylic acids is 1.